The number of carbonyl (C=O) groups excluding carboxylic acids is 2. The first-order valence-corrected chi connectivity index (χ1v) is 11.1. The van der Waals surface area contributed by atoms with E-state index in [9.17, 15) is 9.59 Å². The van der Waals surface area contributed by atoms with Crippen molar-refractivity contribution in [2.24, 2.45) is 58.3 Å². The van der Waals surface area contributed by atoms with Crippen LogP contribution < -0.4 is 11.5 Å². The maximum Gasteiger partial charge on any atom is 0.315 e. The van der Waals surface area contributed by atoms with Crippen molar-refractivity contribution < 1.29 is 9.59 Å². The number of aromatic nitrogens is 2. The molecule has 1 atom stereocenters. The highest BCUT2D eigenvalue weighted by atomic mass is 35.5. The van der Waals surface area contributed by atoms with Crippen LogP contribution in [0.2, 0.25) is 5.02 Å². The number of halogens is 1. The van der Waals surface area contributed by atoms with Crippen molar-refractivity contribution >= 4 is 23.5 Å². The highest BCUT2D eigenvalue weighted by Crippen LogP contribution is 3.07. The number of carbonyl (C=O) groups is 2. The molecule has 1 aliphatic heterocycles. The van der Waals surface area contributed by atoms with Crippen LogP contribution in [-0.4, -0.2) is 33.2 Å². The molecule has 4 N–H and O–H groups in total. The van der Waals surface area contributed by atoms with E-state index in [1.54, 1.807) is 17.0 Å². The predicted octanol–water partition coefficient (Wildman–Crippen LogP) is 2.11. The van der Waals surface area contributed by atoms with Gasteiger partial charge in [0.05, 0.1) is 23.8 Å². The van der Waals surface area contributed by atoms with E-state index in [0.717, 1.165) is 34.9 Å². The largest absolute Gasteiger partial charge is 0.365 e. The fourth-order valence-electron chi connectivity index (χ4n) is 9.29. The minimum absolute atomic E-state index is 0.0950. The maximum absolute atomic E-state index is 12.7. The molecule has 0 spiro atoms. The Morgan fingerprint density at radius 2 is 1.77 bits per heavy atom. The standard InChI is InChI=1S/C22H20ClN5O2/c23-8-3-1-2-7(6-8)17-13(20(24)29)18-19(27(21(25)30)4-5-28(18)26-17)22-14-10-9-11(14)16(22)12(9)15(10)22/h1-3,6,9-12,14-16,19H,4-5H2,(H2,24,29)(H2,25,30). The maximum atomic E-state index is 12.7. The SMILES string of the molecule is NC(=O)c1c(-c2cccc(Cl)c2)nn2c1C(C13C4C5C6C4C1C6C53)N(C(N)=O)CC2. The molecule has 7 nitrogen and oxygen atoms in total. The van der Waals surface area contributed by atoms with Crippen LogP contribution in [0.5, 0.6) is 0 Å². The summed E-state index contributed by atoms with van der Waals surface area (Å²) in [6.07, 6.45) is 0. The fraction of sp³-hybridized carbons (Fsp3) is 0.500. The van der Waals surface area contributed by atoms with E-state index in [1.807, 2.05) is 16.8 Å². The lowest BCUT2D eigenvalue weighted by atomic mass is 8.95. The van der Waals surface area contributed by atoms with Crippen molar-refractivity contribution in [3.8, 4) is 11.3 Å². The second-order valence-corrected chi connectivity index (χ2v) is 10.5. The van der Waals surface area contributed by atoms with E-state index in [4.69, 9.17) is 28.2 Å². The Balaban J connectivity index is 1.35. The molecule has 9 rings (SSSR count). The Kier molecular flexibility index (Phi) is 2.45. The Hall–Kier alpha value is -2.54. The van der Waals surface area contributed by atoms with Crippen LogP contribution in [0.4, 0.5) is 4.79 Å². The van der Waals surface area contributed by atoms with Crippen LogP contribution in [0.1, 0.15) is 22.1 Å². The summed E-state index contributed by atoms with van der Waals surface area (Å²) in [7, 11) is 0. The first kappa shape index (κ1) is 16.2. The molecule has 7 aliphatic rings. The van der Waals surface area contributed by atoms with Crippen molar-refractivity contribution in [2.45, 2.75) is 12.6 Å². The summed E-state index contributed by atoms with van der Waals surface area (Å²) in [5.41, 5.74) is 14.4. The Morgan fingerprint density at radius 1 is 1.07 bits per heavy atom. The molecule has 152 valence electrons. The zero-order valence-electron chi connectivity index (χ0n) is 16.0. The first-order chi connectivity index (χ1) is 14.5. The Bertz CT molecular complexity index is 1170. The molecule has 0 radical (unpaired) electrons. The first-order valence-electron chi connectivity index (χ1n) is 10.7. The van der Waals surface area contributed by atoms with Gasteiger partial charge >= 0.3 is 6.03 Å². The smallest absolute Gasteiger partial charge is 0.315 e. The van der Waals surface area contributed by atoms with Gasteiger partial charge in [-0.05, 0) is 53.6 Å². The average Bonchev–Trinajstić information content (AvgIpc) is 3.13. The third kappa shape index (κ3) is 1.29. The highest BCUT2D eigenvalue weighted by molar-refractivity contribution is 6.30. The molecule has 6 saturated carbocycles. The lowest BCUT2D eigenvalue weighted by Crippen LogP contribution is -3.06. The van der Waals surface area contributed by atoms with Crippen LogP contribution in [0.25, 0.3) is 11.3 Å². The summed E-state index contributed by atoms with van der Waals surface area (Å²) in [6, 6.07) is 6.70. The van der Waals surface area contributed by atoms with Gasteiger partial charge in [-0.3, -0.25) is 9.48 Å². The van der Waals surface area contributed by atoms with E-state index in [-0.39, 0.29) is 11.5 Å². The van der Waals surface area contributed by atoms with Crippen LogP contribution in [0, 0.1) is 46.8 Å². The molecule has 6 aliphatic carbocycles. The summed E-state index contributed by atoms with van der Waals surface area (Å²) in [6.45, 7) is 1.02. The number of urea groups is 1. The summed E-state index contributed by atoms with van der Waals surface area (Å²) in [5, 5.41) is 5.38. The van der Waals surface area contributed by atoms with E-state index in [0.29, 0.717) is 47.1 Å². The van der Waals surface area contributed by atoms with Gasteiger partial charge in [-0.2, -0.15) is 5.10 Å². The lowest BCUT2D eigenvalue weighted by Gasteiger charge is -3.08. The second-order valence-electron chi connectivity index (χ2n) is 10.0. The van der Waals surface area contributed by atoms with Gasteiger partial charge in [0.15, 0.2) is 0 Å². The van der Waals surface area contributed by atoms with E-state index in [1.165, 1.54) is 0 Å². The number of nitrogens with zero attached hydrogens (tertiary/aromatic N) is 3. The quantitative estimate of drug-likeness (QED) is 0.792. The topological polar surface area (TPSA) is 107 Å². The van der Waals surface area contributed by atoms with Gasteiger partial charge in [0, 0.05) is 22.5 Å². The summed E-state index contributed by atoms with van der Waals surface area (Å²) >= 11 is 6.21. The van der Waals surface area contributed by atoms with Gasteiger partial charge in [0.2, 0.25) is 0 Å². The van der Waals surface area contributed by atoms with Gasteiger partial charge in [0.25, 0.3) is 5.91 Å². The zero-order chi connectivity index (χ0) is 20.3. The predicted molar refractivity (Wildman–Crippen MR) is 107 cm³/mol. The van der Waals surface area contributed by atoms with Crippen LogP contribution in [0.15, 0.2) is 24.3 Å². The van der Waals surface area contributed by atoms with E-state index in [2.05, 4.69) is 0 Å². The van der Waals surface area contributed by atoms with E-state index >= 15 is 0 Å². The minimum Gasteiger partial charge on any atom is -0.365 e. The highest BCUT2D eigenvalue weighted by Gasteiger charge is 3.05. The number of benzene rings is 1. The van der Waals surface area contributed by atoms with Gasteiger partial charge in [-0.1, -0.05) is 23.7 Å². The second kappa shape index (κ2) is 4.54. The Morgan fingerprint density at radius 3 is 2.37 bits per heavy atom. The molecule has 0 bridgehead atoms. The number of primary amides is 2. The molecule has 0 saturated heterocycles. The molecule has 8 heteroatoms. The van der Waals surface area contributed by atoms with Gasteiger partial charge in [0.1, 0.15) is 5.69 Å². The van der Waals surface area contributed by atoms with E-state index < -0.39 is 11.9 Å². The summed E-state index contributed by atoms with van der Waals surface area (Å²) in [4.78, 5) is 27.0. The number of hydrogen-bond acceptors (Lipinski definition) is 3. The third-order valence-corrected chi connectivity index (χ3v) is 10.0. The average molecular weight is 422 g/mol. The van der Waals surface area contributed by atoms with Gasteiger partial charge in [-0.25, -0.2) is 4.79 Å². The molecule has 30 heavy (non-hydrogen) atoms. The minimum atomic E-state index is -0.514. The third-order valence-electron chi connectivity index (χ3n) is 9.77. The number of fused-ring (bicyclic) bond motifs is 1. The molecule has 1 unspecified atom stereocenters. The van der Waals surface area contributed by atoms with Crippen LogP contribution in [0.3, 0.4) is 0 Å². The van der Waals surface area contributed by atoms with Crippen molar-refractivity contribution in [1.82, 2.24) is 14.7 Å². The molecule has 2 aromatic rings. The molecule has 1 aromatic heterocycles. The molecule has 3 amide bonds. The van der Waals surface area contributed by atoms with Gasteiger partial charge in [-0.15, -0.1) is 0 Å². The number of hydrogen-bond donors (Lipinski definition) is 2. The molecule has 2 heterocycles. The number of rotatable bonds is 3. The normalized spacial score (nSPS) is 44.5. The van der Waals surface area contributed by atoms with Crippen molar-refractivity contribution in [3.63, 3.8) is 0 Å². The van der Waals surface area contributed by atoms with Gasteiger partial charge < -0.3 is 16.4 Å². The van der Waals surface area contributed by atoms with Crippen molar-refractivity contribution in [2.75, 3.05) is 6.54 Å². The van der Waals surface area contributed by atoms with Crippen LogP contribution in [-0.2, 0) is 6.54 Å². The van der Waals surface area contributed by atoms with Crippen molar-refractivity contribution in [3.05, 3.63) is 40.5 Å². The number of nitrogens with two attached hydrogens (primary N) is 2. The monoisotopic (exact) mass is 421 g/mol. The molecule has 6 fully saturated rings. The zero-order valence-corrected chi connectivity index (χ0v) is 16.8. The molecule has 1 aromatic carbocycles. The molecular formula is C22H20ClN5O2. The lowest BCUT2D eigenvalue weighted by molar-refractivity contribution is -0.624. The number of amides is 3. The van der Waals surface area contributed by atoms with Crippen LogP contribution >= 0.6 is 11.6 Å². The molecular weight excluding hydrogens is 402 g/mol. The Labute approximate surface area is 177 Å². The van der Waals surface area contributed by atoms with Crippen molar-refractivity contribution in [1.29, 1.82) is 0 Å². The fourth-order valence-corrected chi connectivity index (χ4v) is 9.49. The summed E-state index contributed by atoms with van der Waals surface area (Å²) < 4.78 is 1.90. The summed E-state index contributed by atoms with van der Waals surface area (Å²) in [5.74, 6) is 5.05.